The fourth-order valence-corrected chi connectivity index (χ4v) is 2.44. The van der Waals surface area contributed by atoms with Gasteiger partial charge in [-0.25, -0.2) is 8.78 Å². The summed E-state index contributed by atoms with van der Waals surface area (Å²) in [5.41, 5.74) is 0.558. The lowest BCUT2D eigenvalue weighted by Crippen LogP contribution is -2.46. The van der Waals surface area contributed by atoms with E-state index in [1.807, 2.05) is 0 Å². The Kier molecular flexibility index (Phi) is 4.40. The van der Waals surface area contributed by atoms with Crippen LogP contribution in [-0.2, 0) is 5.88 Å². The van der Waals surface area contributed by atoms with Crippen LogP contribution < -0.4 is 4.90 Å². The number of hydrogen-bond donors (Lipinski definition) is 0. The van der Waals surface area contributed by atoms with Crippen LogP contribution >= 0.6 is 11.6 Å². The molecule has 1 heterocycles. The average Bonchev–Trinajstić information content (AvgIpc) is 2.38. The molecule has 1 aliphatic heterocycles. The van der Waals surface area contributed by atoms with Crippen LogP contribution in [0.1, 0.15) is 12.5 Å². The molecule has 1 fully saturated rings. The fraction of sp³-hybridized carbons (Fsp3) is 0.538. The molecule has 2 rings (SSSR count). The third-order valence-electron chi connectivity index (χ3n) is 3.37. The van der Waals surface area contributed by atoms with Gasteiger partial charge in [0.05, 0.1) is 0 Å². The van der Waals surface area contributed by atoms with Crippen molar-refractivity contribution in [2.45, 2.75) is 12.8 Å². The number of nitrogens with zero attached hydrogens (tertiary/aromatic N) is 2. The number of hydrogen-bond acceptors (Lipinski definition) is 2. The Morgan fingerprint density at radius 3 is 2.11 bits per heavy atom. The summed E-state index contributed by atoms with van der Waals surface area (Å²) in [5, 5.41) is 0. The quantitative estimate of drug-likeness (QED) is 0.782. The molecule has 0 saturated carbocycles. The van der Waals surface area contributed by atoms with Crippen LogP contribution in [-0.4, -0.2) is 37.6 Å². The smallest absolute Gasteiger partial charge is 0.149 e. The van der Waals surface area contributed by atoms with Crippen LogP contribution in [0.2, 0.25) is 0 Å². The Balaban J connectivity index is 2.19. The van der Waals surface area contributed by atoms with Crippen molar-refractivity contribution < 1.29 is 8.78 Å². The normalized spacial score (nSPS) is 17.2. The van der Waals surface area contributed by atoms with Gasteiger partial charge in [0.2, 0.25) is 0 Å². The lowest BCUT2D eigenvalue weighted by atomic mass is 10.1. The molecular weight excluding hydrogens is 258 g/mol. The summed E-state index contributed by atoms with van der Waals surface area (Å²) < 4.78 is 27.8. The van der Waals surface area contributed by atoms with Crippen molar-refractivity contribution in [3.8, 4) is 0 Å². The fourth-order valence-electron chi connectivity index (χ4n) is 2.28. The van der Waals surface area contributed by atoms with Gasteiger partial charge in [0.1, 0.15) is 17.3 Å². The van der Waals surface area contributed by atoms with Crippen LogP contribution in [0.5, 0.6) is 0 Å². The van der Waals surface area contributed by atoms with Gasteiger partial charge in [-0.05, 0) is 24.2 Å². The molecule has 1 saturated heterocycles. The Morgan fingerprint density at radius 2 is 1.67 bits per heavy atom. The van der Waals surface area contributed by atoms with Gasteiger partial charge in [0.25, 0.3) is 0 Å². The lowest BCUT2D eigenvalue weighted by molar-refractivity contribution is 0.269. The van der Waals surface area contributed by atoms with E-state index in [1.165, 1.54) is 12.1 Å². The Hall–Kier alpha value is -0.870. The zero-order valence-corrected chi connectivity index (χ0v) is 11.2. The van der Waals surface area contributed by atoms with Crippen molar-refractivity contribution in [1.82, 2.24) is 4.90 Å². The van der Waals surface area contributed by atoms with E-state index in [0.717, 1.165) is 19.6 Å². The number of likely N-dealkylation sites (N-methyl/N-ethyl adjacent to an activating group) is 1. The molecule has 0 atom stereocenters. The van der Waals surface area contributed by atoms with Crippen LogP contribution in [0.4, 0.5) is 14.5 Å². The van der Waals surface area contributed by atoms with Crippen LogP contribution in [0, 0.1) is 11.6 Å². The van der Waals surface area contributed by atoms with E-state index in [4.69, 9.17) is 11.6 Å². The summed E-state index contributed by atoms with van der Waals surface area (Å²) in [5.74, 6) is -0.913. The first-order chi connectivity index (χ1) is 8.65. The SMILES string of the molecule is CCN1CCN(c2c(F)cc(CCl)cc2F)CC1. The summed E-state index contributed by atoms with van der Waals surface area (Å²) in [6.45, 7) is 6.05. The molecule has 1 aromatic carbocycles. The topological polar surface area (TPSA) is 6.48 Å². The van der Waals surface area contributed by atoms with Crippen molar-refractivity contribution in [1.29, 1.82) is 0 Å². The van der Waals surface area contributed by atoms with Crippen LogP contribution in [0.25, 0.3) is 0 Å². The molecular formula is C13H17ClF2N2. The molecule has 2 nitrogen and oxygen atoms in total. The molecule has 0 bridgehead atoms. The molecule has 1 aromatic rings. The molecule has 18 heavy (non-hydrogen) atoms. The molecule has 0 aliphatic carbocycles. The molecule has 0 unspecified atom stereocenters. The van der Waals surface area contributed by atoms with Gasteiger partial charge in [-0.3, -0.25) is 0 Å². The van der Waals surface area contributed by atoms with Gasteiger partial charge in [-0.1, -0.05) is 6.92 Å². The van der Waals surface area contributed by atoms with E-state index in [0.29, 0.717) is 18.7 Å². The highest BCUT2D eigenvalue weighted by Gasteiger charge is 2.22. The highest BCUT2D eigenvalue weighted by molar-refractivity contribution is 6.17. The van der Waals surface area contributed by atoms with Gasteiger partial charge in [0, 0.05) is 32.1 Å². The van der Waals surface area contributed by atoms with E-state index in [9.17, 15) is 8.78 Å². The predicted molar refractivity (Wildman–Crippen MR) is 70.2 cm³/mol. The Bertz CT molecular complexity index is 394. The molecule has 0 aromatic heterocycles. The minimum absolute atomic E-state index is 0.0830. The number of alkyl halides is 1. The molecule has 1 aliphatic rings. The van der Waals surface area contributed by atoms with Gasteiger partial charge in [-0.2, -0.15) is 0 Å². The number of piperazine rings is 1. The number of benzene rings is 1. The maximum absolute atomic E-state index is 13.9. The summed E-state index contributed by atoms with van der Waals surface area (Å²) in [6.07, 6.45) is 0. The third-order valence-corrected chi connectivity index (χ3v) is 3.68. The molecule has 5 heteroatoms. The summed E-state index contributed by atoms with van der Waals surface area (Å²) in [7, 11) is 0. The molecule has 0 spiro atoms. The Labute approximate surface area is 111 Å². The van der Waals surface area contributed by atoms with Crippen molar-refractivity contribution in [3.63, 3.8) is 0 Å². The largest absolute Gasteiger partial charge is 0.364 e. The maximum atomic E-state index is 13.9. The third kappa shape index (κ3) is 2.75. The van der Waals surface area contributed by atoms with E-state index in [-0.39, 0.29) is 11.6 Å². The van der Waals surface area contributed by atoms with Crippen molar-refractivity contribution in [2.24, 2.45) is 0 Å². The van der Waals surface area contributed by atoms with Gasteiger partial charge in [-0.15, -0.1) is 11.6 Å². The minimum atomic E-state index is -0.518. The highest BCUT2D eigenvalue weighted by Crippen LogP contribution is 2.26. The van der Waals surface area contributed by atoms with Gasteiger partial charge in [0.15, 0.2) is 0 Å². The first kappa shape index (κ1) is 13.6. The van der Waals surface area contributed by atoms with Gasteiger partial charge < -0.3 is 9.80 Å². The van der Waals surface area contributed by atoms with Crippen LogP contribution in [0.15, 0.2) is 12.1 Å². The number of halogens is 3. The van der Waals surface area contributed by atoms with Crippen molar-refractivity contribution >= 4 is 17.3 Å². The number of anilines is 1. The molecule has 0 amide bonds. The van der Waals surface area contributed by atoms with E-state index in [1.54, 1.807) is 4.90 Å². The predicted octanol–water partition coefficient (Wildman–Crippen LogP) is 2.85. The second-order valence-corrected chi connectivity index (χ2v) is 4.73. The summed E-state index contributed by atoms with van der Waals surface area (Å²) >= 11 is 5.59. The lowest BCUT2D eigenvalue weighted by Gasteiger charge is -2.35. The average molecular weight is 275 g/mol. The van der Waals surface area contributed by atoms with Gasteiger partial charge >= 0.3 is 0 Å². The monoisotopic (exact) mass is 274 g/mol. The first-order valence-electron chi connectivity index (χ1n) is 6.17. The highest BCUT2D eigenvalue weighted by atomic mass is 35.5. The Morgan fingerprint density at radius 1 is 1.11 bits per heavy atom. The zero-order valence-electron chi connectivity index (χ0n) is 10.4. The van der Waals surface area contributed by atoms with E-state index >= 15 is 0 Å². The van der Waals surface area contributed by atoms with Crippen molar-refractivity contribution in [2.75, 3.05) is 37.6 Å². The summed E-state index contributed by atoms with van der Waals surface area (Å²) in [4.78, 5) is 4.04. The van der Waals surface area contributed by atoms with E-state index < -0.39 is 11.6 Å². The second-order valence-electron chi connectivity index (χ2n) is 4.46. The number of rotatable bonds is 3. The zero-order chi connectivity index (χ0) is 13.1. The molecule has 0 radical (unpaired) electrons. The van der Waals surface area contributed by atoms with Crippen molar-refractivity contribution in [3.05, 3.63) is 29.3 Å². The summed E-state index contributed by atoms with van der Waals surface area (Å²) in [6, 6.07) is 2.63. The molecule has 0 N–H and O–H groups in total. The first-order valence-corrected chi connectivity index (χ1v) is 6.70. The van der Waals surface area contributed by atoms with E-state index in [2.05, 4.69) is 11.8 Å². The molecule has 100 valence electrons. The maximum Gasteiger partial charge on any atom is 0.149 e. The van der Waals surface area contributed by atoms with Crippen LogP contribution in [0.3, 0.4) is 0 Å². The minimum Gasteiger partial charge on any atom is -0.364 e. The second kappa shape index (κ2) is 5.85. The standard InChI is InChI=1S/C13H17ClF2N2/c1-2-17-3-5-18(6-4-17)13-11(15)7-10(9-14)8-12(13)16/h7-8H,2-6,9H2,1H3.